The van der Waals surface area contributed by atoms with Gasteiger partial charge in [0.05, 0.1) is 11.1 Å². The Labute approximate surface area is 128 Å². The minimum atomic E-state index is -0.492. The van der Waals surface area contributed by atoms with Gasteiger partial charge in [-0.3, -0.25) is 9.59 Å². The lowest BCUT2D eigenvalue weighted by Gasteiger charge is -2.28. The molecular formula is C17H16ClNO2. The Hall–Kier alpha value is -1.61. The minimum Gasteiger partial charge on any atom is -0.274 e. The van der Waals surface area contributed by atoms with Gasteiger partial charge < -0.3 is 0 Å². The Morgan fingerprint density at radius 2 is 2.10 bits per heavy atom. The molecule has 0 radical (unpaired) electrons. The van der Waals surface area contributed by atoms with E-state index in [1.165, 1.54) is 4.90 Å². The second-order valence-corrected chi connectivity index (χ2v) is 6.90. The van der Waals surface area contributed by atoms with E-state index in [-0.39, 0.29) is 17.7 Å². The Kier molecular flexibility index (Phi) is 2.62. The van der Waals surface area contributed by atoms with Crippen molar-refractivity contribution in [3.8, 4) is 0 Å². The van der Waals surface area contributed by atoms with E-state index >= 15 is 0 Å². The molecule has 1 aliphatic heterocycles. The number of anilines is 1. The molecule has 1 saturated heterocycles. The molecule has 2 aliphatic carbocycles. The van der Waals surface area contributed by atoms with Gasteiger partial charge in [0.15, 0.2) is 0 Å². The zero-order valence-corrected chi connectivity index (χ0v) is 12.6. The molecule has 0 N–H and O–H groups in total. The van der Waals surface area contributed by atoms with Crippen LogP contribution in [0, 0.1) is 24.2 Å². The summed E-state index contributed by atoms with van der Waals surface area (Å²) in [5.74, 6) is 0.559. The number of hydrogen-bond acceptors (Lipinski definition) is 2. The molecule has 4 heteroatoms. The third-order valence-electron chi connectivity index (χ3n) is 5.27. The van der Waals surface area contributed by atoms with Gasteiger partial charge in [-0.15, -0.1) is 0 Å². The quantitative estimate of drug-likeness (QED) is 0.588. The Morgan fingerprint density at radius 3 is 2.71 bits per heavy atom. The summed E-state index contributed by atoms with van der Waals surface area (Å²) in [7, 11) is 0. The fourth-order valence-corrected chi connectivity index (χ4v) is 4.32. The fraction of sp³-hybridized carbons (Fsp3) is 0.412. The van der Waals surface area contributed by atoms with Gasteiger partial charge in [-0.05, 0) is 49.3 Å². The van der Waals surface area contributed by atoms with Crippen LogP contribution >= 0.6 is 11.6 Å². The first-order chi connectivity index (χ1) is 10.0. The van der Waals surface area contributed by atoms with Crippen LogP contribution in [0.5, 0.6) is 0 Å². The molecule has 3 aliphatic rings. The fourth-order valence-electron chi connectivity index (χ4n) is 4.15. The van der Waals surface area contributed by atoms with E-state index < -0.39 is 5.41 Å². The lowest BCUT2D eigenvalue weighted by atomic mass is 9.74. The summed E-state index contributed by atoms with van der Waals surface area (Å²) in [5, 5.41) is 0.585. The summed E-state index contributed by atoms with van der Waals surface area (Å²) in [6.07, 6.45) is 6.49. The Bertz CT molecular complexity index is 696. The molecule has 4 rings (SSSR count). The smallest absolute Gasteiger partial charge is 0.241 e. The first-order valence-electron chi connectivity index (χ1n) is 7.33. The number of halogens is 1. The molecule has 2 fully saturated rings. The monoisotopic (exact) mass is 301 g/mol. The molecule has 21 heavy (non-hydrogen) atoms. The number of fused-ring (bicyclic) bond motifs is 3. The maximum atomic E-state index is 13.0. The highest BCUT2D eigenvalue weighted by atomic mass is 35.5. The molecule has 108 valence electrons. The molecule has 1 aromatic carbocycles. The number of amides is 2. The molecule has 1 spiro atoms. The number of imide groups is 1. The number of carbonyl (C=O) groups excluding carboxylic acids is 2. The predicted molar refractivity (Wildman–Crippen MR) is 81.1 cm³/mol. The van der Waals surface area contributed by atoms with Gasteiger partial charge in [-0.2, -0.15) is 0 Å². The summed E-state index contributed by atoms with van der Waals surface area (Å²) in [6.45, 7) is 1.90. The molecule has 1 heterocycles. The van der Waals surface area contributed by atoms with Gasteiger partial charge >= 0.3 is 0 Å². The normalized spacial score (nSPS) is 33.7. The van der Waals surface area contributed by atoms with Crippen molar-refractivity contribution in [2.75, 3.05) is 4.90 Å². The van der Waals surface area contributed by atoms with Crippen LogP contribution in [0.3, 0.4) is 0 Å². The van der Waals surface area contributed by atoms with Crippen LogP contribution < -0.4 is 4.90 Å². The molecule has 0 aromatic heterocycles. The predicted octanol–water partition coefficient (Wildman–Crippen LogP) is 3.49. The number of allylic oxidation sites excluding steroid dienone is 2. The second-order valence-electron chi connectivity index (χ2n) is 6.49. The SMILES string of the molecule is Cc1ccc(N2C(=O)C[C@@]3(C[C@H]4C=C[C@H]3C4)C2=O)cc1Cl. The van der Waals surface area contributed by atoms with E-state index in [4.69, 9.17) is 11.6 Å². The third kappa shape index (κ3) is 1.67. The van der Waals surface area contributed by atoms with Crippen molar-refractivity contribution in [1.82, 2.24) is 0 Å². The number of carbonyl (C=O) groups is 2. The minimum absolute atomic E-state index is 0.0377. The van der Waals surface area contributed by atoms with Gasteiger partial charge in [0.1, 0.15) is 0 Å². The maximum absolute atomic E-state index is 13.0. The molecule has 1 saturated carbocycles. The lowest BCUT2D eigenvalue weighted by Crippen LogP contribution is -2.38. The molecule has 2 amide bonds. The summed E-state index contributed by atoms with van der Waals surface area (Å²) in [5.41, 5.74) is 1.05. The van der Waals surface area contributed by atoms with Crippen molar-refractivity contribution in [2.24, 2.45) is 17.3 Å². The van der Waals surface area contributed by atoms with E-state index in [1.807, 2.05) is 13.0 Å². The van der Waals surface area contributed by atoms with E-state index in [1.54, 1.807) is 12.1 Å². The van der Waals surface area contributed by atoms with E-state index in [0.717, 1.165) is 18.4 Å². The number of hydrogen-bond donors (Lipinski definition) is 0. The van der Waals surface area contributed by atoms with Crippen LogP contribution in [0.4, 0.5) is 5.69 Å². The van der Waals surface area contributed by atoms with E-state index in [9.17, 15) is 9.59 Å². The van der Waals surface area contributed by atoms with Gasteiger partial charge in [0.2, 0.25) is 11.8 Å². The number of benzene rings is 1. The average Bonchev–Trinajstić information content (AvgIpc) is 3.09. The number of rotatable bonds is 1. The van der Waals surface area contributed by atoms with Gasteiger partial charge in [0.25, 0.3) is 0 Å². The largest absolute Gasteiger partial charge is 0.274 e. The highest BCUT2D eigenvalue weighted by molar-refractivity contribution is 6.32. The van der Waals surface area contributed by atoms with Crippen LogP contribution in [0.15, 0.2) is 30.4 Å². The van der Waals surface area contributed by atoms with Crippen LogP contribution in [-0.4, -0.2) is 11.8 Å². The van der Waals surface area contributed by atoms with Crippen LogP contribution in [0.25, 0.3) is 0 Å². The maximum Gasteiger partial charge on any atom is 0.241 e. The first-order valence-corrected chi connectivity index (χ1v) is 7.71. The van der Waals surface area contributed by atoms with Crippen molar-refractivity contribution in [3.63, 3.8) is 0 Å². The summed E-state index contributed by atoms with van der Waals surface area (Å²) in [6, 6.07) is 5.37. The van der Waals surface area contributed by atoms with Gasteiger partial charge in [-0.1, -0.05) is 29.8 Å². The molecule has 2 bridgehead atoms. The standard InChI is InChI=1S/C17H16ClNO2/c1-10-2-5-13(7-14(10)18)19-15(20)9-17(16(19)21)8-11-3-4-12(17)6-11/h2-5,7,11-12H,6,8-9H2,1H3/t11-,12-,17+/m0/s1. The topological polar surface area (TPSA) is 37.4 Å². The average molecular weight is 302 g/mol. The molecule has 1 aromatic rings. The number of nitrogens with zero attached hydrogens (tertiary/aromatic N) is 1. The molecule has 0 unspecified atom stereocenters. The zero-order valence-electron chi connectivity index (χ0n) is 11.8. The number of aryl methyl sites for hydroxylation is 1. The van der Waals surface area contributed by atoms with Gasteiger partial charge in [-0.25, -0.2) is 4.90 Å². The molecule has 3 nitrogen and oxygen atoms in total. The van der Waals surface area contributed by atoms with Gasteiger partial charge in [0, 0.05) is 11.4 Å². The van der Waals surface area contributed by atoms with Crippen LogP contribution in [-0.2, 0) is 9.59 Å². The van der Waals surface area contributed by atoms with E-state index in [0.29, 0.717) is 23.0 Å². The molecular weight excluding hydrogens is 286 g/mol. The van der Waals surface area contributed by atoms with Crippen molar-refractivity contribution >= 4 is 29.1 Å². The molecule has 3 atom stereocenters. The summed E-state index contributed by atoms with van der Waals surface area (Å²) < 4.78 is 0. The Balaban J connectivity index is 1.74. The zero-order chi connectivity index (χ0) is 14.8. The highest BCUT2D eigenvalue weighted by Gasteiger charge is 2.60. The van der Waals surface area contributed by atoms with Crippen LogP contribution in [0.1, 0.15) is 24.8 Å². The van der Waals surface area contributed by atoms with Crippen molar-refractivity contribution in [1.29, 1.82) is 0 Å². The highest BCUT2D eigenvalue weighted by Crippen LogP contribution is 2.57. The van der Waals surface area contributed by atoms with E-state index in [2.05, 4.69) is 12.2 Å². The second kappa shape index (κ2) is 4.20. The first kappa shape index (κ1) is 13.1. The van der Waals surface area contributed by atoms with Crippen molar-refractivity contribution in [2.45, 2.75) is 26.2 Å². The Morgan fingerprint density at radius 1 is 1.29 bits per heavy atom. The van der Waals surface area contributed by atoms with Crippen LogP contribution in [0.2, 0.25) is 5.02 Å². The summed E-state index contributed by atoms with van der Waals surface area (Å²) >= 11 is 6.14. The lowest BCUT2D eigenvalue weighted by molar-refractivity contribution is -0.126. The van der Waals surface area contributed by atoms with Crippen molar-refractivity contribution < 1.29 is 9.59 Å². The third-order valence-corrected chi connectivity index (χ3v) is 5.67. The van der Waals surface area contributed by atoms with Crippen molar-refractivity contribution in [3.05, 3.63) is 40.9 Å². The summed E-state index contributed by atoms with van der Waals surface area (Å²) in [4.78, 5) is 26.8.